The van der Waals surface area contributed by atoms with Gasteiger partial charge in [-0.25, -0.2) is 0 Å². The van der Waals surface area contributed by atoms with Crippen LogP contribution in [0.3, 0.4) is 0 Å². The predicted molar refractivity (Wildman–Crippen MR) is 68.2 cm³/mol. The molecule has 6 heteroatoms. The molecule has 0 aromatic heterocycles. The molecule has 0 saturated heterocycles. The maximum absolute atomic E-state index is 11.1. The van der Waals surface area contributed by atoms with E-state index >= 15 is 0 Å². The van der Waals surface area contributed by atoms with Crippen LogP contribution in [0.1, 0.15) is 23.6 Å². The van der Waals surface area contributed by atoms with Crippen LogP contribution in [-0.4, -0.2) is 17.9 Å². The number of nitro benzene ring substituents is 1. The van der Waals surface area contributed by atoms with Gasteiger partial charge in [0.05, 0.1) is 10.5 Å². The Morgan fingerprint density at radius 2 is 1.78 bits per heavy atom. The molecule has 0 amide bonds. The van der Waals surface area contributed by atoms with Gasteiger partial charge in [-0.1, -0.05) is 0 Å². The summed E-state index contributed by atoms with van der Waals surface area (Å²) in [6.07, 6.45) is 0. The highest BCUT2D eigenvalue weighted by Crippen LogP contribution is 2.40. The van der Waals surface area contributed by atoms with Gasteiger partial charge in [0.15, 0.2) is 0 Å². The highest BCUT2D eigenvalue weighted by Gasteiger charge is 2.26. The molecule has 0 radical (unpaired) electrons. The summed E-state index contributed by atoms with van der Waals surface area (Å²) in [4.78, 5) is 21.7. The highest BCUT2D eigenvalue weighted by molar-refractivity contribution is 5.78. The van der Waals surface area contributed by atoms with E-state index < -0.39 is 10.9 Å². The number of carbonyl (C=O) groups is 1. The van der Waals surface area contributed by atoms with Gasteiger partial charge in [-0.2, -0.15) is 0 Å². The summed E-state index contributed by atoms with van der Waals surface area (Å²) >= 11 is 0. The molecule has 0 aliphatic heterocycles. The third-order valence-electron chi connectivity index (χ3n) is 2.89. The summed E-state index contributed by atoms with van der Waals surface area (Å²) < 4.78 is 5.08. The lowest BCUT2D eigenvalue weighted by Crippen LogP contribution is -2.09. The molecule has 1 aromatic rings. The van der Waals surface area contributed by atoms with Crippen molar-refractivity contribution in [2.45, 2.75) is 27.7 Å². The zero-order valence-electron chi connectivity index (χ0n) is 11.1. The van der Waals surface area contributed by atoms with Gasteiger partial charge in [-0.3, -0.25) is 14.9 Å². The second-order valence-corrected chi connectivity index (χ2v) is 4.03. The van der Waals surface area contributed by atoms with Gasteiger partial charge in [-0.05, 0) is 31.9 Å². The number of hydrogen-bond donors (Lipinski definition) is 1. The molecule has 0 fully saturated rings. The first-order valence-electron chi connectivity index (χ1n) is 5.45. The number of anilines is 1. The minimum Gasteiger partial charge on any atom is -0.426 e. The molecule has 0 aliphatic rings. The van der Waals surface area contributed by atoms with Crippen LogP contribution in [0.2, 0.25) is 0 Å². The van der Waals surface area contributed by atoms with Crippen LogP contribution in [0.4, 0.5) is 11.4 Å². The largest absolute Gasteiger partial charge is 0.426 e. The molecular formula is C12H16N2O4. The molecule has 0 saturated carbocycles. The van der Waals surface area contributed by atoms with Crippen LogP contribution in [0, 0.1) is 30.9 Å². The lowest BCUT2D eigenvalue weighted by atomic mass is 10.00. The molecule has 0 bridgehead atoms. The first-order valence-corrected chi connectivity index (χ1v) is 5.45. The summed E-state index contributed by atoms with van der Waals surface area (Å²) in [6.45, 7) is 6.36. The van der Waals surface area contributed by atoms with Gasteiger partial charge in [0.1, 0.15) is 11.4 Å². The van der Waals surface area contributed by atoms with Crippen molar-refractivity contribution >= 4 is 17.3 Å². The molecule has 0 aliphatic carbocycles. The Hall–Kier alpha value is -2.11. The van der Waals surface area contributed by atoms with Gasteiger partial charge in [0, 0.05) is 14.0 Å². The Bertz CT molecular complexity index is 524. The summed E-state index contributed by atoms with van der Waals surface area (Å²) in [5.41, 5.74) is 2.16. The van der Waals surface area contributed by atoms with E-state index in [1.807, 2.05) is 0 Å². The van der Waals surface area contributed by atoms with Gasteiger partial charge < -0.3 is 10.1 Å². The molecule has 18 heavy (non-hydrogen) atoms. The van der Waals surface area contributed by atoms with Gasteiger partial charge in [0.2, 0.25) is 0 Å². The Balaban J connectivity index is 3.66. The van der Waals surface area contributed by atoms with Crippen molar-refractivity contribution in [3.05, 3.63) is 26.8 Å². The number of hydrogen-bond acceptors (Lipinski definition) is 5. The van der Waals surface area contributed by atoms with Crippen molar-refractivity contribution < 1.29 is 14.5 Å². The predicted octanol–water partition coefficient (Wildman–Crippen LogP) is 2.49. The number of nitrogens with zero attached hydrogens (tertiary/aromatic N) is 1. The molecule has 0 spiro atoms. The van der Waals surface area contributed by atoms with Crippen LogP contribution in [0.15, 0.2) is 0 Å². The summed E-state index contributed by atoms with van der Waals surface area (Å²) in [6, 6.07) is 0. The van der Waals surface area contributed by atoms with Crippen LogP contribution >= 0.6 is 0 Å². The number of nitrogens with one attached hydrogen (secondary N) is 1. The zero-order chi connectivity index (χ0) is 14.0. The van der Waals surface area contributed by atoms with Crippen LogP contribution < -0.4 is 10.1 Å². The van der Waals surface area contributed by atoms with Crippen molar-refractivity contribution in [3.63, 3.8) is 0 Å². The van der Waals surface area contributed by atoms with Crippen LogP contribution in [-0.2, 0) is 4.79 Å². The monoisotopic (exact) mass is 252 g/mol. The molecule has 0 atom stereocenters. The Morgan fingerprint density at radius 1 is 1.22 bits per heavy atom. The normalized spacial score (nSPS) is 10.1. The Kier molecular flexibility index (Phi) is 3.90. The summed E-state index contributed by atoms with van der Waals surface area (Å²) in [7, 11) is 1.62. The number of nitro groups is 1. The molecule has 98 valence electrons. The molecule has 6 nitrogen and oxygen atoms in total. The Labute approximate surface area is 105 Å². The van der Waals surface area contributed by atoms with E-state index in [-0.39, 0.29) is 11.4 Å². The first-order chi connectivity index (χ1) is 8.31. The third-order valence-corrected chi connectivity index (χ3v) is 2.89. The van der Waals surface area contributed by atoms with Crippen molar-refractivity contribution in [3.8, 4) is 5.75 Å². The fourth-order valence-electron chi connectivity index (χ4n) is 1.94. The fourth-order valence-corrected chi connectivity index (χ4v) is 1.94. The molecule has 0 heterocycles. The average Bonchev–Trinajstić information content (AvgIpc) is 2.28. The smallest absolute Gasteiger partial charge is 0.308 e. The number of ether oxygens (including phenoxy) is 1. The SMILES string of the molecule is CNc1c(C)c(C)c(OC(C)=O)c(C)c1[N+](=O)[O-]. The number of carbonyl (C=O) groups excluding carboxylic acids is 1. The maximum Gasteiger partial charge on any atom is 0.308 e. The van der Waals surface area contributed by atoms with E-state index in [2.05, 4.69) is 5.32 Å². The molecule has 1 aromatic carbocycles. The topological polar surface area (TPSA) is 81.5 Å². The van der Waals surface area contributed by atoms with E-state index in [1.165, 1.54) is 6.92 Å². The highest BCUT2D eigenvalue weighted by atomic mass is 16.6. The zero-order valence-corrected chi connectivity index (χ0v) is 11.1. The average molecular weight is 252 g/mol. The van der Waals surface area contributed by atoms with E-state index in [0.717, 1.165) is 5.56 Å². The standard InChI is InChI=1S/C12H16N2O4/c1-6-7(2)12(18-9(4)15)8(3)11(14(16)17)10(6)13-5/h13H,1-5H3. The number of esters is 1. The molecular weight excluding hydrogens is 236 g/mol. The van der Waals surface area contributed by atoms with Gasteiger partial charge in [-0.15, -0.1) is 0 Å². The van der Waals surface area contributed by atoms with Crippen LogP contribution in [0.25, 0.3) is 0 Å². The van der Waals surface area contributed by atoms with Crippen molar-refractivity contribution in [1.29, 1.82) is 0 Å². The minimum absolute atomic E-state index is 0.0585. The van der Waals surface area contributed by atoms with E-state index in [0.29, 0.717) is 16.8 Å². The van der Waals surface area contributed by atoms with E-state index in [4.69, 9.17) is 4.74 Å². The lowest BCUT2D eigenvalue weighted by molar-refractivity contribution is -0.384. The maximum atomic E-state index is 11.1. The summed E-state index contributed by atoms with van der Waals surface area (Å²) in [5, 5.41) is 14.0. The summed E-state index contributed by atoms with van der Waals surface area (Å²) in [5.74, 6) is -0.224. The van der Waals surface area contributed by atoms with E-state index in [1.54, 1.807) is 27.8 Å². The number of rotatable bonds is 3. The van der Waals surface area contributed by atoms with Crippen molar-refractivity contribution in [2.24, 2.45) is 0 Å². The molecule has 1 N–H and O–H groups in total. The number of benzene rings is 1. The van der Waals surface area contributed by atoms with E-state index in [9.17, 15) is 14.9 Å². The fraction of sp³-hybridized carbons (Fsp3) is 0.417. The molecule has 0 unspecified atom stereocenters. The van der Waals surface area contributed by atoms with Gasteiger partial charge >= 0.3 is 5.97 Å². The Morgan fingerprint density at radius 3 is 2.17 bits per heavy atom. The van der Waals surface area contributed by atoms with Crippen molar-refractivity contribution in [1.82, 2.24) is 0 Å². The quantitative estimate of drug-likeness (QED) is 0.387. The lowest BCUT2D eigenvalue weighted by Gasteiger charge is -2.16. The second-order valence-electron chi connectivity index (χ2n) is 4.03. The first kappa shape index (κ1) is 14.0. The van der Waals surface area contributed by atoms with Crippen molar-refractivity contribution in [2.75, 3.05) is 12.4 Å². The second kappa shape index (κ2) is 5.03. The van der Waals surface area contributed by atoms with Gasteiger partial charge in [0.25, 0.3) is 5.69 Å². The third kappa shape index (κ3) is 2.27. The van der Waals surface area contributed by atoms with Crippen LogP contribution in [0.5, 0.6) is 5.75 Å². The minimum atomic E-state index is -0.493. The molecule has 1 rings (SSSR count).